The van der Waals surface area contributed by atoms with E-state index in [1.165, 1.54) is 35.0 Å². The summed E-state index contributed by atoms with van der Waals surface area (Å²) >= 11 is 4.61. The fraction of sp³-hybridized carbons (Fsp3) is 0.100. The number of nitro benzene ring substituents is 1. The molecule has 0 saturated carbocycles. The highest BCUT2D eigenvalue weighted by molar-refractivity contribution is 9.10. The van der Waals surface area contributed by atoms with Crippen molar-refractivity contribution in [3.63, 3.8) is 0 Å². The lowest BCUT2D eigenvalue weighted by molar-refractivity contribution is -0.384. The van der Waals surface area contributed by atoms with Crippen molar-refractivity contribution in [1.82, 2.24) is 4.57 Å². The second-order valence-corrected chi connectivity index (χ2v) is 11.3. The molecule has 0 radical (unpaired) electrons. The van der Waals surface area contributed by atoms with Crippen molar-refractivity contribution in [2.75, 3.05) is 0 Å². The number of furan rings is 2. The van der Waals surface area contributed by atoms with Gasteiger partial charge in [0.05, 0.1) is 9.46 Å². The predicted octanol–water partition coefficient (Wildman–Crippen LogP) is 6.01. The van der Waals surface area contributed by atoms with E-state index in [0.717, 1.165) is 10.0 Å². The van der Waals surface area contributed by atoms with E-state index in [0.29, 0.717) is 49.2 Å². The molecule has 1 aliphatic rings. The minimum Gasteiger partial charge on any atom is -0.458 e. The lowest BCUT2D eigenvalue weighted by Crippen LogP contribution is -2.39. The van der Waals surface area contributed by atoms with Gasteiger partial charge in [-0.2, -0.15) is 0 Å². The molecule has 1 atom stereocenters. The second kappa shape index (κ2) is 10.4. The number of aromatic nitrogens is 1. The smallest absolute Gasteiger partial charge is 0.271 e. The number of ketones is 1. The maximum Gasteiger partial charge on any atom is 0.271 e. The summed E-state index contributed by atoms with van der Waals surface area (Å²) in [6.07, 6.45) is 1.60. The number of carbonyl (C=O) groups is 1. The maximum atomic E-state index is 13.8. The zero-order chi connectivity index (χ0) is 28.8. The zero-order valence-electron chi connectivity index (χ0n) is 21.7. The van der Waals surface area contributed by atoms with Crippen molar-refractivity contribution in [3.8, 4) is 22.6 Å². The van der Waals surface area contributed by atoms with Crippen LogP contribution in [0.5, 0.6) is 0 Å². The maximum absolute atomic E-state index is 13.8. The molecule has 0 amide bonds. The van der Waals surface area contributed by atoms with Gasteiger partial charge in [0, 0.05) is 45.1 Å². The standard InChI is InChI=1S/C30H20BrN3O6S/c1-16-27(17(2)35)28(25-13-12-23(40-25)18-6-8-20(31)9-7-18)33-29(36)26(41-30(33)32-16)15-22-10-11-24(39-22)19-4-3-5-21(14-19)34(37)38/h3-15,28H,1-2H3/b26-15+/t28-/m1/s1. The zero-order valence-corrected chi connectivity index (χ0v) is 24.1. The highest BCUT2D eigenvalue weighted by Crippen LogP contribution is 2.34. The van der Waals surface area contributed by atoms with Gasteiger partial charge in [-0.1, -0.05) is 51.5 Å². The van der Waals surface area contributed by atoms with Gasteiger partial charge in [-0.05, 0) is 50.2 Å². The average Bonchev–Trinajstić information content (AvgIpc) is 3.68. The Morgan fingerprint density at radius 3 is 2.51 bits per heavy atom. The first-order valence-corrected chi connectivity index (χ1v) is 14.0. The minimum atomic E-state index is -0.785. The highest BCUT2D eigenvalue weighted by Gasteiger charge is 2.33. The topological polar surface area (TPSA) is 121 Å². The number of rotatable bonds is 6. The number of allylic oxidation sites excluding steroid dienone is 2. The van der Waals surface area contributed by atoms with Gasteiger partial charge in [-0.25, -0.2) is 4.99 Å². The van der Waals surface area contributed by atoms with Crippen molar-refractivity contribution in [2.24, 2.45) is 4.99 Å². The number of hydrogen-bond donors (Lipinski definition) is 0. The quantitative estimate of drug-likeness (QED) is 0.167. The number of benzene rings is 2. The summed E-state index contributed by atoms with van der Waals surface area (Å²) in [6.45, 7) is 3.20. The van der Waals surface area contributed by atoms with Gasteiger partial charge in [-0.3, -0.25) is 24.3 Å². The Hall–Kier alpha value is -4.61. The molecular weight excluding hydrogens is 610 g/mol. The van der Waals surface area contributed by atoms with Crippen LogP contribution in [0.15, 0.2) is 107 Å². The molecule has 0 saturated heterocycles. The molecule has 4 heterocycles. The molecule has 0 N–H and O–H groups in total. The number of thiazole rings is 1. The summed E-state index contributed by atoms with van der Waals surface area (Å²) in [4.78, 5) is 42.3. The molecule has 3 aromatic heterocycles. The van der Waals surface area contributed by atoms with E-state index >= 15 is 0 Å². The van der Waals surface area contributed by atoms with Crippen LogP contribution < -0.4 is 14.9 Å². The van der Waals surface area contributed by atoms with Crippen molar-refractivity contribution in [3.05, 3.63) is 130 Å². The Morgan fingerprint density at radius 1 is 1.05 bits per heavy atom. The fourth-order valence-corrected chi connectivity index (χ4v) is 6.09. The van der Waals surface area contributed by atoms with Crippen molar-refractivity contribution in [2.45, 2.75) is 19.9 Å². The van der Waals surface area contributed by atoms with Crippen LogP contribution in [0.25, 0.3) is 28.7 Å². The molecule has 11 heteroatoms. The Kier molecular flexibility index (Phi) is 6.76. The number of nitrogens with zero attached hydrogens (tertiary/aromatic N) is 3. The first-order chi connectivity index (χ1) is 19.7. The molecule has 2 aromatic carbocycles. The Morgan fingerprint density at radius 2 is 1.78 bits per heavy atom. The monoisotopic (exact) mass is 629 g/mol. The van der Waals surface area contributed by atoms with Crippen molar-refractivity contribution >= 4 is 44.8 Å². The van der Waals surface area contributed by atoms with Crippen LogP contribution in [0.1, 0.15) is 31.4 Å². The number of nitro groups is 1. The summed E-state index contributed by atoms with van der Waals surface area (Å²) < 4.78 is 14.9. The predicted molar refractivity (Wildman–Crippen MR) is 157 cm³/mol. The molecule has 6 rings (SSSR count). The lowest BCUT2D eigenvalue weighted by Gasteiger charge is -2.22. The molecule has 41 heavy (non-hydrogen) atoms. The summed E-state index contributed by atoms with van der Waals surface area (Å²) in [7, 11) is 0. The summed E-state index contributed by atoms with van der Waals surface area (Å²) in [5.74, 6) is 1.67. The van der Waals surface area contributed by atoms with E-state index in [1.54, 1.807) is 43.3 Å². The second-order valence-electron chi connectivity index (χ2n) is 9.36. The molecule has 0 bridgehead atoms. The lowest BCUT2D eigenvalue weighted by atomic mass is 9.98. The van der Waals surface area contributed by atoms with Crippen LogP contribution in [0, 0.1) is 10.1 Å². The van der Waals surface area contributed by atoms with Gasteiger partial charge in [0.2, 0.25) is 0 Å². The number of Topliss-reactive ketones (excluding diaryl/α,β-unsaturated/α-hetero) is 1. The first-order valence-electron chi connectivity index (χ1n) is 12.4. The normalized spacial score (nSPS) is 15.1. The summed E-state index contributed by atoms with van der Waals surface area (Å²) in [6, 6.07) is 20.0. The van der Waals surface area contributed by atoms with Crippen LogP contribution >= 0.6 is 27.3 Å². The van der Waals surface area contributed by atoms with E-state index in [4.69, 9.17) is 8.83 Å². The van der Waals surface area contributed by atoms with Crippen LogP contribution in [-0.4, -0.2) is 15.3 Å². The number of carbonyl (C=O) groups excluding carboxylic acids is 1. The van der Waals surface area contributed by atoms with Gasteiger partial charge in [0.15, 0.2) is 10.6 Å². The molecule has 5 aromatic rings. The van der Waals surface area contributed by atoms with Crippen LogP contribution in [0.3, 0.4) is 0 Å². The molecule has 1 aliphatic heterocycles. The number of halogens is 1. The Labute approximate surface area is 244 Å². The van der Waals surface area contributed by atoms with Gasteiger partial charge < -0.3 is 8.83 Å². The number of non-ortho nitro benzene ring substituents is 1. The van der Waals surface area contributed by atoms with Crippen LogP contribution in [0.2, 0.25) is 0 Å². The molecule has 0 unspecified atom stereocenters. The third-order valence-electron chi connectivity index (χ3n) is 6.67. The summed E-state index contributed by atoms with van der Waals surface area (Å²) in [5, 5.41) is 11.2. The molecule has 9 nitrogen and oxygen atoms in total. The summed E-state index contributed by atoms with van der Waals surface area (Å²) in [5.41, 5.74) is 1.90. The molecule has 0 fully saturated rings. The van der Waals surface area contributed by atoms with Crippen LogP contribution in [-0.2, 0) is 4.79 Å². The van der Waals surface area contributed by atoms with E-state index in [1.807, 2.05) is 30.3 Å². The van der Waals surface area contributed by atoms with Gasteiger partial charge in [0.1, 0.15) is 29.1 Å². The van der Waals surface area contributed by atoms with Crippen LogP contribution in [0.4, 0.5) is 5.69 Å². The first kappa shape index (κ1) is 26.6. The molecular formula is C30H20BrN3O6S. The fourth-order valence-electron chi connectivity index (χ4n) is 4.80. The third-order valence-corrected chi connectivity index (χ3v) is 8.18. The van der Waals surface area contributed by atoms with E-state index in [9.17, 15) is 19.7 Å². The van der Waals surface area contributed by atoms with Crippen molar-refractivity contribution in [1.29, 1.82) is 0 Å². The van der Waals surface area contributed by atoms with E-state index in [2.05, 4.69) is 20.9 Å². The Balaban J connectivity index is 1.43. The molecule has 0 spiro atoms. The average molecular weight is 630 g/mol. The third kappa shape index (κ3) is 4.94. The Bertz CT molecular complexity index is 2060. The number of hydrogen-bond acceptors (Lipinski definition) is 8. The van der Waals surface area contributed by atoms with Gasteiger partial charge >= 0.3 is 0 Å². The SMILES string of the molecule is CC(=O)C1=C(C)N=c2s/c(=C/c3ccc(-c4cccc([N+](=O)[O-])c4)o3)c(=O)n2[C@@H]1c1ccc(-c2ccc(Br)cc2)o1. The molecule has 0 aliphatic carbocycles. The van der Waals surface area contributed by atoms with E-state index < -0.39 is 11.0 Å². The molecule has 204 valence electrons. The minimum absolute atomic E-state index is 0.0494. The van der Waals surface area contributed by atoms with Gasteiger partial charge in [-0.15, -0.1) is 0 Å². The van der Waals surface area contributed by atoms with E-state index in [-0.39, 0.29) is 17.0 Å². The van der Waals surface area contributed by atoms with Gasteiger partial charge in [0.25, 0.3) is 11.2 Å². The van der Waals surface area contributed by atoms with Crippen molar-refractivity contribution < 1.29 is 18.6 Å². The highest BCUT2D eigenvalue weighted by atomic mass is 79.9. The number of fused-ring (bicyclic) bond motifs is 1. The largest absolute Gasteiger partial charge is 0.458 e.